The fourth-order valence-corrected chi connectivity index (χ4v) is 3.98. The predicted molar refractivity (Wildman–Crippen MR) is 90.0 cm³/mol. The lowest BCUT2D eigenvalue weighted by Crippen LogP contribution is -2.15. The predicted octanol–water partition coefficient (Wildman–Crippen LogP) is 3.76. The standard InChI is InChI=1S/C15H17BrN2O2S/c1-9-7-12(17)11(3)14(8-9)21(19,20)18-13-6-4-5-10(2)15(13)16/h4-8,18H,17H2,1-3H3. The van der Waals surface area contributed by atoms with Crippen LogP contribution >= 0.6 is 15.9 Å². The van der Waals surface area contributed by atoms with Crippen LogP contribution in [0.1, 0.15) is 16.7 Å². The van der Waals surface area contributed by atoms with Gasteiger partial charge in [-0.2, -0.15) is 0 Å². The van der Waals surface area contributed by atoms with E-state index in [1.54, 1.807) is 31.2 Å². The third-order valence-corrected chi connectivity index (χ3v) is 5.81. The van der Waals surface area contributed by atoms with Crippen molar-refractivity contribution in [2.75, 3.05) is 10.5 Å². The minimum Gasteiger partial charge on any atom is -0.398 e. The maximum Gasteiger partial charge on any atom is 0.262 e. The van der Waals surface area contributed by atoms with Crippen molar-refractivity contribution in [3.8, 4) is 0 Å². The molecule has 0 saturated heterocycles. The van der Waals surface area contributed by atoms with Gasteiger partial charge in [-0.05, 0) is 71.6 Å². The number of nitrogens with two attached hydrogens (primary N) is 1. The van der Waals surface area contributed by atoms with Gasteiger partial charge in [0.25, 0.3) is 10.0 Å². The summed E-state index contributed by atoms with van der Waals surface area (Å²) in [6.07, 6.45) is 0. The van der Waals surface area contributed by atoms with Crippen LogP contribution in [0.15, 0.2) is 39.7 Å². The van der Waals surface area contributed by atoms with Crippen LogP contribution in [0, 0.1) is 20.8 Å². The highest BCUT2D eigenvalue weighted by Crippen LogP contribution is 2.30. The van der Waals surface area contributed by atoms with E-state index in [2.05, 4.69) is 20.7 Å². The molecule has 112 valence electrons. The highest BCUT2D eigenvalue weighted by molar-refractivity contribution is 9.10. The minimum absolute atomic E-state index is 0.202. The number of nitrogen functional groups attached to an aromatic ring is 1. The quantitative estimate of drug-likeness (QED) is 0.810. The molecular formula is C15H17BrN2O2S. The smallest absolute Gasteiger partial charge is 0.262 e. The Morgan fingerprint density at radius 3 is 2.48 bits per heavy atom. The molecule has 0 amide bonds. The van der Waals surface area contributed by atoms with E-state index in [1.807, 2.05) is 19.9 Å². The van der Waals surface area contributed by atoms with Gasteiger partial charge in [0.05, 0.1) is 10.6 Å². The first-order chi connectivity index (χ1) is 9.72. The van der Waals surface area contributed by atoms with Crippen molar-refractivity contribution >= 4 is 37.3 Å². The molecule has 0 spiro atoms. The number of benzene rings is 2. The summed E-state index contributed by atoms with van der Waals surface area (Å²) >= 11 is 3.40. The average molecular weight is 369 g/mol. The van der Waals surface area contributed by atoms with Crippen LogP contribution < -0.4 is 10.5 Å². The maximum absolute atomic E-state index is 12.6. The Morgan fingerprint density at radius 2 is 1.81 bits per heavy atom. The summed E-state index contributed by atoms with van der Waals surface area (Å²) in [5.41, 5.74) is 9.16. The molecule has 0 aliphatic heterocycles. The number of anilines is 2. The van der Waals surface area contributed by atoms with Gasteiger partial charge in [0.1, 0.15) is 0 Å². The van der Waals surface area contributed by atoms with Crippen LogP contribution in [0.5, 0.6) is 0 Å². The molecule has 0 bridgehead atoms. The van der Waals surface area contributed by atoms with Gasteiger partial charge < -0.3 is 5.73 Å². The van der Waals surface area contributed by atoms with Crippen LogP contribution in [-0.2, 0) is 10.0 Å². The largest absolute Gasteiger partial charge is 0.398 e. The van der Waals surface area contributed by atoms with Gasteiger partial charge in [0.15, 0.2) is 0 Å². The Morgan fingerprint density at radius 1 is 1.14 bits per heavy atom. The van der Waals surface area contributed by atoms with Crippen molar-refractivity contribution in [1.29, 1.82) is 0 Å². The molecule has 0 aromatic heterocycles. The first-order valence-electron chi connectivity index (χ1n) is 6.37. The van der Waals surface area contributed by atoms with Crippen molar-refractivity contribution in [3.63, 3.8) is 0 Å². The monoisotopic (exact) mass is 368 g/mol. The molecule has 0 saturated carbocycles. The summed E-state index contributed by atoms with van der Waals surface area (Å²) in [6, 6.07) is 8.80. The van der Waals surface area contributed by atoms with Gasteiger partial charge in [-0.25, -0.2) is 8.42 Å². The molecule has 6 heteroatoms. The van der Waals surface area contributed by atoms with E-state index in [4.69, 9.17) is 5.73 Å². The lowest BCUT2D eigenvalue weighted by molar-refractivity contribution is 0.600. The molecule has 2 aromatic rings. The van der Waals surface area contributed by atoms with Crippen molar-refractivity contribution in [1.82, 2.24) is 0 Å². The summed E-state index contributed by atoms with van der Waals surface area (Å²) in [5.74, 6) is 0. The second kappa shape index (κ2) is 5.69. The minimum atomic E-state index is -3.69. The first-order valence-corrected chi connectivity index (χ1v) is 8.64. The van der Waals surface area contributed by atoms with E-state index in [1.165, 1.54) is 0 Å². The van der Waals surface area contributed by atoms with Crippen molar-refractivity contribution in [2.24, 2.45) is 0 Å². The van der Waals surface area contributed by atoms with Gasteiger partial charge in [0, 0.05) is 10.2 Å². The van der Waals surface area contributed by atoms with E-state index in [0.29, 0.717) is 16.9 Å². The zero-order chi connectivity index (χ0) is 15.8. The lowest BCUT2D eigenvalue weighted by atomic mass is 10.1. The number of aryl methyl sites for hydroxylation is 2. The number of sulfonamides is 1. The number of halogens is 1. The number of nitrogens with one attached hydrogen (secondary N) is 1. The molecule has 0 radical (unpaired) electrons. The van der Waals surface area contributed by atoms with Crippen LogP contribution in [0.2, 0.25) is 0 Å². The maximum atomic E-state index is 12.6. The lowest BCUT2D eigenvalue weighted by Gasteiger charge is -2.14. The highest BCUT2D eigenvalue weighted by atomic mass is 79.9. The van der Waals surface area contributed by atoms with E-state index in [-0.39, 0.29) is 4.90 Å². The SMILES string of the molecule is Cc1cc(N)c(C)c(S(=O)(=O)Nc2cccc(C)c2Br)c1. The average Bonchev–Trinajstić information content (AvgIpc) is 2.39. The van der Waals surface area contributed by atoms with Gasteiger partial charge >= 0.3 is 0 Å². The zero-order valence-electron chi connectivity index (χ0n) is 12.1. The van der Waals surface area contributed by atoms with E-state index in [9.17, 15) is 8.42 Å². The Labute approximate surface area is 133 Å². The molecular weight excluding hydrogens is 352 g/mol. The number of rotatable bonds is 3. The molecule has 3 N–H and O–H groups in total. The normalized spacial score (nSPS) is 11.4. The molecule has 2 aromatic carbocycles. The summed E-state index contributed by atoms with van der Waals surface area (Å²) in [7, 11) is -3.69. The fourth-order valence-electron chi connectivity index (χ4n) is 2.06. The molecule has 0 unspecified atom stereocenters. The second-order valence-electron chi connectivity index (χ2n) is 5.02. The third kappa shape index (κ3) is 3.22. The number of hydrogen-bond donors (Lipinski definition) is 2. The van der Waals surface area contributed by atoms with Gasteiger partial charge in [0.2, 0.25) is 0 Å². The first kappa shape index (κ1) is 15.9. The summed E-state index contributed by atoms with van der Waals surface area (Å²) in [5, 5.41) is 0. The molecule has 0 heterocycles. The Bertz CT molecular complexity index is 802. The molecule has 0 atom stereocenters. The zero-order valence-corrected chi connectivity index (χ0v) is 14.5. The van der Waals surface area contributed by atoms with Gasteiger partial charge in [-0.15, -0.1) is 0 Å². The van der Waals surface area contributed by atoms with E-state index >= 15 is 0 Å². The Hall–Kier alpha value is -1.53. The van der Waals surface area contributed by atoms with Crippen LogP contribution in [-0.4, -0.2) is 8.42 Å². The van der Waals surface area contributed by atoms with Crippen LogP contribution in [0.4, 0.5) is 11.4 Å². The van der Waals surface area contributed by atoms with E-state index < -0.39 is 10.0 Å². The molecule has 0 aliphatic carbocycles. The second-order valence-corrected chi connectivity index (χ2v) is 7.46. The molecule has 2 rings (SSSR count). The Balaban J connectivity index is 2.51. The molecule has 21 heavy (non-hydrogen) atoms. The molecule has 4 nitrogen and oxygen atoms in total. The van der Waals surface area contributed by atoms with Crippen molar-refractivity contribution in [2.45, 2.75) is 25.7 Å². The third-order valence-electron chi connectivity index (χ3n) is 3.27. The van der Waals surface area contributed by atoms with Crippen molar-refractivity contribution < 1.29 is 8.42 Å². The molecule has 0 aliphatic rings. The summed E-state index contributed by atoms with van der Waals surface area (Å²) in [4.78, 5) is 0.202. The van der Waals surface area contributed by atoms with Crippen molar-refractivity contribution in [3.05, 3.63) is 51.5 Å². The Kier molecular flexibility index (Phi) is 4.30. The van der Waals surface area contributed by atoms with Crippen LogP contribution in [0.3, 0.4) is 0 Å². The van der Waals surface area contributed by atoms with E-state index in [0.717, 1.165) is 15.6 Å². The topological polar surface area (TPSA) is 72.2 Å². The van der Waals surface area contributed by atoms with Gasteiger partial charge in [-0.3, -0.25) is 4.72 Å². The number of hydrogen-bond acceptors (Lipinski definition) is 3. The van der Waals surface area contributed by atoms with Gasteiger partial charge in [-0.1, -0.05) is 12.1 Å². The fraction of sp³-hybridized carbons (Fsp3) is 0.200. The molecule has 0 fully saturated rings. The summed E-state index contributed by atoms with van der Waals surface area (Å²) < 4.78 is 28.5. The summed E-state index contributed by atoms with van der Waals surface area (Å²) in [6.45, 7) is 5.42. The van der Waals surface area contributed by atoms with Crippen LogP contribution in [0.25, 0.3) is 0 Å². The highest BCUT2D eigenvalue weighted by Gasteiger charge is 2.20.